The Morgan fingerprint density at radius 2 is 2.11 bits per heavy atom. The zero-order valence-corrected chi connectivity index (χ0v) is 17.2. The number of hydrogen-bond acceptors (Lipinski definition) is 4. The number of benzene rings is 2. The highest BCUT2D eigenvalue weighted by atomic mass is 35.5. The molecule has 1 heterocycles. The van der Waals surface area contributed by atoms with Crippen LogP contribution in [0.4, 0.5) is 5.69 Å². The van der Waals surface area contributed by atoms with Crippen LogP contribution in [0.5, 0.6) is 0 Å². The normalized spacial score (nSPS) is 12.0. The number of carbonyl (C=O) groups is 1. The number of aryl methyl sites for hydroxylation is 1. The Bertz CT molecular complexity index is 1110. The average molecular weight is 414 g/mol. The van der Waals surface area contributed by atoms with E-state index in [1.54, 1.807) is 43.3 Å². The Balaban J connectivity index is 1.89. The van der Waals surface area contributed by atoms with Gasteiger partial charge in [0, 0.05) is 17.3 Å². The lowest BCUT2D eigenvalue weighted by Gasteiger charge is -2.16. The Hall–Kier alpha value is -2.57. The zero-order chi connectivity index (χ0) is 20.3. The first-order chi connectivity index (χ1) is 13.4. The van der Waals surface area contributed by atoms with E-state index in [0.717, 1.165) is 5.56 Å². The quantitative estimate of drug-likeness (QED) is 0.362. The summed E-state index contributed by atoms with van der Waals surface area (Å²) in [5.41, 5.74) is 2.04. The molecule has 0 unspecified atom stereocenters. The lowest BCUT2D eigenvalue weighted by atomic mass is 10.2. The van der Waals surface area contributed by atoms with Crippen LogP contribution in [0.1, 0.15) is 12.5 Å². The molecule has 0 aliphatic rings. The molecule has 0 spiro atoms. The number of carbonyl (C=O) groups excluding carboxylic acids is 1. The first-order valence-electron chi connectivity index (χ1n) is 8.75. The van der Waals surface area contributed by atoms with Gasteiger partial charge in [0.05, 0.1) is 16.2 Å². The number of amides is 1. The van der Waals surface area contributed by atoms with Crippen LogP contribution in [0.2, 0.25) is 5.02 Å². The van der Waals surface area contributed by atoms with E-state index in [1.165, 1.54) is 16.3 Å². The van der Waals surface area contributed by atoms with Gasteiger partial charge in [-0.3, -0.25) is 14.2 Å². The van der Waals surface area contributed by atoms with Crippen molar-refractivity contribution in [2.24, 2.45) is 0 Å². The topological polar surface area (TPSA) is 64.0 Å². The average Bonchev–Trinajstić information content (AvgIpc) is 2.67. The number of rotatable bonds is 6. The van der Waals surface area contributed by atoms with Crippen molar-refractivity contribution < 1.29 is 4.79 Å². The van der Waals surface area contributed by atoms with E-state index >= 15 is 0 Å². The van der Waals surface area contributed by atoms with Crippen LogP contribution < -0.4 is 10.9 Å². The van der Waals surface area contributed by atoms with E-state index in [4.69, 9.17) is 11.6 Å². The molecule has 0 aliphatic carbocycles. The number of nitrogens with one attached hydrogen (secondary N) is 1. The van der Waals surface area contributed by atoms with Crippen molar-refractivity contribution in [2.45, 2.75) is 30.8 Å². The Labute approximate surface area is 172 Å². The van der Waals surface area contributed by atoms with Gasteiger partial charge in [-0.2, -0.15) is 0 Å². The number of nitrogens with zero attached hydrogens (tertiary/aromatic N) is 2. The number of fused-ring (bicyclic) bond motifs is 1. The first kappa shape index (κ1) is 20.2. The molecule has 28 heavy (non-hydrogen) atoms. The second-order valence-electron chi connectivity index (χ2n) is 6.32. The number of halogens is 1. The predicted octanol–water partition coefficient (Wildman–Crippen LogP) is 4.66. The van der Waals surface area contributed by atoms with E-state index in [2.05, 4.69) is 16.9 Å². The highest BCUT2D eigenvalue weighted by Crippen LogP contribution is 2.25. The van der Waals surface area contributed by atoms with Crippen LogP contribution >= 0.6 is 23.4 Å². The Morgan fingerprint density at radius 1 is 1.36 bits per heavy atom. The summed E-state index contributed by atoms with van der Waals surface area (Å²) in [6.07, 6.45) is 1.64. The summed E-state index contributed by atoms with van der Waals surface area (Å²) in [6.45, 7) is 7.71. The van der Waals surface area contributed by atoms with Gasteiger partial charge in [-0.25, -0.2) is 4.98 Å². The van der Waals surface area contributed by atoms with Crippen LogP contribution in [-0.4, -0.2) is 20.7 Å². The molecule has 144 valence electrons. The van der Waals surface area contributed by atoms with E-state index in [0.29, 0.717) is 33.3 Å². The van der Waals surface area contributed by atoms with Crippen LogP contribution in [0.25, 0.3) is 10.9 Å². The number of thioether (sulfide) groups is 1. The minimum atomic E-state index is -0.470. The van der Waals surface area contributed by atoms with E-state index in [1.807, 2.05) is 19.1 Å². The number of hydrogen-bond donors (Lipinski definition) is 1. The van der Waals surface area contributed by atoms with E-state index in [9.17, 15) is 9.59 Å². The van der Waals surface area contributed by atoms with Gasteiger partial charge in [0.2, 0.25) is 5.91 Å². The third-order valence-electron chi connectivity index (χ3n) is 4.25. The fourth-order valence-electron chi connectivity index (χ4n) is 2.70. The second-order valence-corrected chi connectivity index (χ2v) is 8.07. The minimum absolute atomic E-state index is 0.147. The van der Waals surface area contributed by atoms with E-state index in [-0.39, 0.29) is 11.5 Å². The monoisotopic (exact) mass is 413 g/mol. The number of anilines is 1. The molecule has 0 radical (unpaired) electrons. The van der Waals surface area contributed by atoms with Crippen molar-refractivity contribution in [3.63, 3.8) is 0 Å². The molecule has 0 fully saturated rings. The molecule has 1 aromatic heterocycles. The van der Waals surface area contributed by atoms with Gasteiger partial charge < -0.3 is 5.32 Å². The summed E-state index contributed by atoms with van der Waals surface area (Å²) >= 11 is 7.26. The SMILES string of the molecule is C=CCn1c(S[C@@H](C)C(=O)Nc2cc(Cl)ccc2C)nc2ccccc2c1=O. The molecular formula is C21H20ClN3O2S. The molecule has 0 saturated carbocycles. The van der Waals surface area contributed by atoms with Crippen molar-refractivity contribution in [2.75, 3.05) is 5.32 Å². The number of allylic oxidation sites excluding steroid dienone is 1. The molecule has 2 aromatic carbocycles. The number of aromatic nitrogens is 2. The van der Waals surface area contributed by atoms with Crippen molar-refractivity contribution >= 4 is 45.9 Å². The third kappa shape index (κ3) is 4.29. The summed E-state index contributed by atoms with van der Waals surface area (Å²) in [6, 6.07) is 12.5. The molecule has 5 nitrogen and oxygen atoms in total. The molecule has 0 aliphatic heterocycles. The first-order valence-corrected chi connectivity index (χ1v) is 10.0. The van der Waals surface area contributed by atoms with Gasteiger partial charge in [-0.05, 0) is 43.7 Å². The van der Waals surface area contributed by atoms with Gasteiger partial charge in [-0.15, -0.1) is 6.58 Å². The standard InChI is InChI=1S/C21H20ClN3O2S/c1-4-11-25-20(27)16-7-5-6-8-17(16)24-21(25)28-14(3)19(26)23-18-12-15(22)10-9-13(18)2/h4-10,12,14H,1,11H2,2-3H3,(H,23,26)/t14-/m0/s1. The molecule has 1 amide bonds. The van der Waals surface area contributed by atoms with Crippen LogP contribution in [0.15, 0.2) is 65.1 Å². The van der Waals surface area contributed by atoms with Gasteiger partial charge in [-0.1, -0.05) is 47.6 Å². The zero-order valence-electron chi connectivity index (χ0n) is 15.6. The van der Waals surface area contributed by atoms with Gasteiger partial charge in [0.25, 0.3) is 5.56 Å². The van der Waals surface area contributed by atoms with Gasteiger partial charge in [0.1, 0.15) is 0 Å². The summed E-state index contributed by atoms with van der Waals surface area (Å²) in [5.74, 6) is -0.192. The lowest BCUT2D eigenvalue weighted by Crippen LogP contribution is -2.27. The lowest BCUT2D eigenvalue weighted by molar-refractivity contribution is -0.115. The molecule has 1 N–H and O–H groups in total. The number of para-hydroxylation sites is 1. The fourth-order valence-corrected chi connectivity index (χ4v) is 3.79. The van der Waals surface area contributed by atoms with Gasteiger partial charge >= 0.3 is 0 Å². The maximum atomic E-state index is 12.8. The molecule has 3 aromatic rings. The molecule has 0 bridgehead atoms. The third-order valence-corrected chi connectivity index (χ3v) is 5.57. The molecular weight excluding hydrogens is 394 g/mol. The van der Waals surface area contributed by atoms with Gasteiger partial charge in [0.15, 0.2) is 5.16 Å². The maximum Gasteiger partial charge on any atom is 0.262 e. The summed E-state index contributed by atoms with van der Waals surface area (Å²) in [7, 11) is 0. The van der Waals surface area contributed by atoms with Crippen LogP contribution in [-0.2, 0) is 11.3 Å². The van der Waals surface area contributed by atoms with Crippen molar-refractivity contribution in [1.29, 1.82) is 0 Å². The summed E-state index contributed by atoms with van der Waals surface area (Å²) in [5, 5.41) is 4.00. The van der Waals surface area contributed by atoms with Crippen molar-refractivity contribution in [3.05, 3.63) is 76.1 Å². The Kier molecular flexibility index (Phi) is 6.21. The minimum Gasteiger partial charge on any atom is -0.325 e. The summed E-state index contributed by atoms with van der Waals surface area (Å²) < 4.78 is 1.54. The van der Waals surface area contributed by atoms with Crippen molar-refractivity contribution in [1.82, 2.24) is 9.55 Å². The Morgan fingerprint density at radius 3 is 2.86 bits per heavy atom. The molecule has 0 saturated heterocycles. The molecule has 3 rings (SSSR count). The largest absolute Gasteiger partial charge is 0.325 e. The molecule has 1 atom stereocenters. The highest BCUT2D eigenvalue weighted by Gasteiger charge is 2.20. The fraction of sp³-hybridized carbons (Fsp3) is 0.190. The maximum absolute atomic E-state index is 12.8. The molecule has 7 heteroatoms. The predicted molar refractivity (Wildman–Crippen MR) is 116 cm³/mol. The van der Waals surface area contributed by atoms with E-state index < -0.39 is 5.25 Å². The smallest absolute Gasteiger partial charge is 0.262 e. The summed E-state index contributed by atoms with van der Waals surface area (Å²) in [4.78, 5) is 30.1. The highest BCUT2D eigenvalue weighted by molar-refractivity contribution is 8.00. The van der Waals surface area contributed by atoms with Crippen molar-refractivity contribution in [3.8, 4) is 0 Å². The van der Waals surface area contributed by atoms with Crippen LogP contribution in [0.3, 0.4) is 0 Å². The second kappa shape index (κ2) is 8.63. The van der Waals surface area contributed by atoms with Crippen LogP contribution in [0, 0.1) is 6.92 Å².